The number of nitrogens with two attached hydrogens (primary N) is 1. The van der Waals surface area contributed by atoms with Gasteiger partial charge < -0.3 is 10.5 Å². The van der Waals surface area contributed by atoms with E-state index in [4.69, 9.17) is 10.5 Å². The Bertz CT molecular complexity index is 985. The van der Waals surface area contributed by atoms with Gasteiger partial charge in [-0.3, -0.25) is 9.89 Å². The van der Waals surface area contributed by atoms with Crippen LogP contribution in [0.3, 0.4) is 0 Å². The van der Waals surface area contributed by atoms with Gasteiger partial charge in [0.1, 0.15) is 5.69 Å². The molecule has 0 aliphatic carbocycles. The number of carbonyl (C=O) groups is 2. The standard InChI is InChI=1S/C18H22N4O5S/c1-27-18(24)14-7-3-2-5-13(14)11-28(25,26)22-8-4-6-12(10-22)15-9-16(17(19)23)21-20-15/h2-3,5,7,9,12H,4,6,8,10-11H2,1H3,(H2,19,23)(H,20,21). The maximum absolute atomic E-state index is 13.0. The molecule has 3 N–H and O–H groups in total. The van der Waals surface area contributed by atoms with Crippen molar-refractivity contribution < 1.29 is 22.7 Å². The molecule has 0 bridgehead atoms. The lowest BCUT2D eigenvalue weighted by Crippen LogP contribution is -2.40. The quantitative estimate of drug-likeness (QED) is 0.687. The zero-order chi connectivity index (χ0) is 20.3. The van der Waals surface area contributed by atoms with E-state index in [2.05, 4.69) is 10.2 Å². The molecule has 2 heterocycles. The fourth-order valence-electron chi connectivity index (χ4n) is 3.36. The van der Waals surface area contributed by atoms with Crippen LogP contribution in [0, 0.1) is 0 Å². The van der Waals surface area contributed by atoms with Crippen molar-refractivity contribution in [2.24, 2.45) is 5.73 Å². The van der Waals surface area contributed by atoms with Gasteiger partial charge >= 0.3 is 5.97 Å². The van der Waals surface area contributed by atoms with Crippen molar-refractivity contribution >= 4 is 21.9 Å². The molecule has 0 radical (unpaired) electrons. The molecule has 1 aliphatic heterocycles. The molecule has 1 saturated heterocycles. The van der Waals surface area contributed by atoms with E-state index in [0.29, 0.717) is 24.2 Å². The molecule has 28 heavy (non-hydrogen) atoms. The highest BCUT2D eigenvalue weighted by Crippen LogP contribution is 2.29. The van der Waals surface area contributed by atoms with Crippen LogP contribution >= 0.6 is 0 Å². The van der Waals surface area contributed by atoms with Crippen LogP contribution in [-0.2, 0) is 20.5 Å². The summed E-state index contributed by atoms with van der Waals surface area (Å²) < 4.78 is 32.1. The molecule has 3 rings (SSSR count). The number of hydrogen-bond donors (Lipinski definition) is 2. The first-order chi connectivity index (χ1) is 13.3. The third-order valence-corrected chi connectivity index (χ3v) is 6.62. The lowest BCUT2D eigenvalue weighted by atomic mass is 9.96. The number of H-pyrrole nitrogens is 1. The fourth-order valence-corrected chi connectivity index (χ4v) is 5.01. The number of carbonyl (C=O) groups excluding carboxylic acids is 2. The van der Waals surface area contributed by atoms with E-state index in [-0.39, 0.29) is 29.5 Å². The van der Waals surface area contributed by atoms with Gasteiger partial charge in [0.05, 0.1) is 18.4 Å². The number of aromatic nitrogens is 2. The van der Waals surface area contributed by atoms with Gasteiger partial charge in [-0.15, -0.1) is 0 Å². The second-order valence-corrected chi connectivity index (χ2v) is 8.64. The molecule has 1 aliphatic rings. The average Bonchev–Trinajstić information content (AvgIpc) is 3.18. The van der Waals surface area contributed by atoms with Crippen molar-refractivity contribution in [3.63, 3.8) is 0 Å². The molecule has 10 heteroatoms. The largest absolute Gasteiger partial charge is 0.465 e. The zero-order valence-corrected chi connectivity index (χ0v) is 16.2. The highest BCUT2D eigenvalue weighted by atomic mass is 32.2. The summed E-state index contributed by atoms with van der Waals surface area (Å²) >= 11 is 0. The second-order valence-electron chi connectivity index (χ2n) is 6.67. The van der Waals surface area contributed by atoms with Crippen molar-refractivity contribution in [3.05, 3.63) is 52.8 Å². The Morgan fingerprint density at radius 2 is 2.11 bits per heavy atom. The van der Waals surface area contributed by atoms with E-state index in [0.717, 1.165) is 6.42 Å². The number of hydrogen-bond acceptors (Lipinski definition) is 6. The number of sulfonamides is 1. The lowest BCUT2D eigenvalue weighted by Gasteiger charge is -2.31. The number of ether oxygens (including phenoxy) is 1. The van der Waals surface area contributed by atoms with Crippen LogP contribution in [0.4, 0.5) is 0 Å². The molecular formula is C18H22N4O5S. The second kappa shape index (κ2) is 8.11. The van der Waals surface area contributed by atoms with Crippen molar-refractivity contribution in [2.75, 3.05) is 20.2 Å². The first kappa shape index (κ1) is 20.0. The van der Waals surface area contributed by atoms with Crippen molar-refractivity contribution in [1.29, 1.82) is 0 Å². The van der Waals surface area contributed by atoms with Gasteiger partial charge in [0, 0.05) is 24.7 Å². The number of primary amides is 1. The maximum atomic E-state index is 13.0. The first-order valence-corrected chi connectivity index (χ1v) is 10.4. The van der Waals surface area contributed by atoms with Crippen LogP contribution in [0.25, 0.3) is 0 Å². The molecule has 1 unspecified atom stereocenters. The van der Waals surface area contributed by atoms with Crippen LogP contribution in [0.1, 0.15) is 50.9 Å². The Hall–Kier alpha value is -2.72. The van der Waals surface area contributed by atoms with Crippen molar-refractivity contribution in [3.8, 4) is 0 Å². The summed E-state index contributed by atoms with van der Waals surface area (Å²) in [5.41, 5.74) is 6.67. The summed E-state index contributed by atoms with van der Waals surface area (Å²) in [6, 6.07) is 8.07. The predicted octanol–water partition coefficient (Wildman–Crippen LogP) is 1.00. The number of methoxy groups -OCH3 is 1. The number of rotatable bonds is 6. The van der Waals surface area contributed by atoms with E-state index in [1.54, 1.807) is 30.3 Å². The van der Waals surface area contributed by atoms with Gasteiger partial charge in [-0.1, -0.05) is 18.2 Å². The number of esters is 1. The first-order valence-electron chi connectivity index (χ1n) is 8.81. The Morgan fingerprint density at radius 1 is 1.36 bits per heavy atom. The number of nitrogens with one attached hydrogen (secondary N) is 1. The molecule has 1 aromatic heterocycles. The third-order valence-electron chi connectivity index (χ3n) is 4.83. The molecule has 1 fully saturated rings. The van der Waals surface area contributed by atoms with Gasteiger partial charge in [0.25, 0.3) is 5.91 Å². The van der Waals surface area contributed by atoms with E-state index in [1.165, 1.54) is 11.4 Å². The normalized spacial score (nSPS) is 18.0. The van der Waals surface area contributed by atoms with Gasteiger partial charge in [0.15, 0.2) is 0 Å². The van der Waals surface area contributed by atoms with E-state index >= 15 is 0 Å². The highest BCUT2D eigenvalue weighted by Gasteiger charge is 2.31. The summed E-state index contributed by atoms with van der Waals surface area (Å²) in [7, 11) is -2.39. The van der Waals surface area contributed by atoms with E-state index in [9.17, 15) is 18.0 Å². The minimum absolute atomic E-state index is 0.111. The molecule has 150 valence electrons. The number of benzene rings is 1. The summed E-state index contributed by atoms with van der Waals surface area (Å²) in [5, 5.41) is 6.64. The molecule has 1 atom stereocenters. The van der Waals surface area contributed by atoms with Gasteiger partial charge in [-0.05, 0) is 30.5 Å². The molecule has 2 aromatic rings. The smallest absolute Gasteiger partial charge is 0.338 e. The van der Waals surface area contributed by atoms with Crippen molar-refractivity contribution in [1.82, 2.24) is 14.5 Å². The average molecular weight is 406 g/mol. The van der Waals surface area contributed by atoms with Crippen LogP contribution in [-0.4, -0.2) is 55.0 Å². The Kier molecular flexibility index (Phi) is 5.80. The summed E-state index contributed by atoms with van der Waals surface area (Å²) in [4.78, 5) is 23.1. The monoisotopic (exact) mass is 406 g/mol. The molecule has 9 nitrogen and oxygen atoms in total. The SMILES string of the molecule is COC(=O)c1ccccc1CS(=O)(=O)N1CCCC(c2cc(C(N)=O)n[nH]2)C1. The van der Waals surface area contributed by atoms with Crippen LogP contribution in [0.15, 0.2) is 30.3 Å². The number of aromatic amines is 1. The Labute approximate surface area is 162 Å². The maximum Gasteiger partial charge on any atom is 0.338 e. The van der Waals surface area contributed by atoms with E-state index < -0.39 is 21.9 Å². The number of amides is 1. The van der Waals surface area contributed by atoms with Crippen LogP contribution in [0.2, 0.25) is 0 Å². The van der Waals surface area contributed by atoms with Gasteiger partial charge in [-0.2, -0.15) is 5.10 Å². The van der Waals surface area contributed by atoms with Gasteiger partial charge in [0.2, 0.25) is 10.0 Å². The lowest BCUT2D eigenvalue weighted by molar-refractivity contribution is 0.0599. The summed E-state index contributed by atoms with van der Waals surface area (Å²) in [5.74, 6) is -1.61. The minimum Gasteiger partial charge on any atom is -0.465 e. The summed E-state index contributed by atoms with van der Waals surface area (Å²) in [6.07, 6.45) is 1.44. The predicted molar refractivity (Wildman–Crippen MR) is 101 cm³/mol. The van der Waals surface area contributed by atoms with E-state index in [1.807, 2.05) is 0 Å². The topological polar surface area (TPSA) is 135 Å². The third kappa shape index (κ3) is 4.23. The zero-order valence-electron chi connectivity index (χ0n) is 15.4. The Morgan fingerprint density at radius 3 is 2.79 bits per heavy atom. The molecule has 0 saturated carbocycles. The molecule has 1 amide bonds. The number of nitrogens with zero attached hydrogens (tertiary/aromatic N) is 2. The molecule has 0 spiro atoms. The van der Waals surface area contributed by atoms with Crippen LogP contribution in [0.5, 0.6) is 0 Å². The molecule has 1 aromatic carbocycles. The Balaban J connectivity index is 1.78. The van der Waals surface area contributed by atoms with Crippen LogP contribution < -0.4 is 5.73 Å². The highest BCUT2D eigenvalue weighted by molar-refractivity contribution is 7.88. The van der Waals surface area contributed by atoms with Crippen molar-refractivity contribution in [2.45, 2.75) is 24.5 Å². The summed E-state index contributed by atoms with van der Waals surface area (Å²) in [6.45, 7) is 0.666. The minimum atomic E-state index is -3.65. The molecular weight excluding hydrogens is 384 g/mol. The number of piperidine rings is 1. The van der Waals surface area contributed by atoms with Gasteiger partial charge in [-0.25, -0.2) is 17.5 Å². The fraction of sp³-hybridized carbons (Fsp3) is 0.389.